The monoisotopic (exact) mass is 318 g/mol. The number of ether oxygens (including phenoxy) is 2. The maximum atomic E-state index is 5.82. The third-order valence-electron chi connectivity index (χ3n) is 4.29. The summed E-state index contributed by atoms with van der Waals surface area (Å²) in [7, 11) is 0. The highest BCUT2D eigenvalue weighted by atomic mass is 16.7. The Balaban J connectivity index is 1.76. The van der Waals surface area contributed by atoms with Gasteiger partial charge in [-0.3, -0.25) is 0 Å². The zero-order chi connectivity index (χ0) is 16.1. The molecule has 2 N–H and O–H groups in total. The number of aromatic nitrogens is 2. The lowest BCUT2D eigenvalue weighted by Gasteiger charge is -2.11. The Morgan fingerprint density at radius 1 is 1.04 bits per heavy atom. The van der Waals surface area contributed by atoms with Crippen LogP contribution in [0.3, 0.4) is 0 Å². The van der Waals surface area contributed by atoms with E-state index >= 15 is 0 Å². The molecule has 0 spiro atoms. The lowest BCUT2D eigenvalue weighted by molar-refractivity contribution is 0.174. The van der Waals surface area contributed by atoms with Gasteiger partial charge in [0.15, 0.2) is 11.5 Å². The third-order valence-corrected chi connectivity index (χ3v) is 4.29. The second kappa shape index (κ2) is 4.86. The van der Waals surface area contributed by atoms with E-state index in [1.54, 1.807) is 6.20 Å². The van der Waals surface area contributed by atoms with E-state index in [1.165, 1.54) is 0 Å². The van der Waals surface area contributed by atoms with E-state index in [0.29, 0.717) is 6.42 Å². The number of nitrogen functional groups attached to an aromatic ring is 1. The van der Waals surface area contributed by atoms with Crippen molar-refractivity contribution in [3.63, 3.8) is 0 Å². The molecule has 3 heterocycles. The summed E-state index contributed by atoms with van der Waals surface area (Å²) in [6.45, 7) is 0.251. The second-order valence-corrected chi connectivity index (χ2v) is 5.80. The van der Waals surface area contributed by atoms with Crippen LogP contribution in [0.5, 0.6) is 11.5 Å². The van der Waals surface area contributed by atoms with Crippen LogP contribution in [0.25, 0.3) is 0 Å². The van der Waals surface area contributed by atoms with Gasteiger partial charge in [-0.1, -0.05) is 12.1 Å². The minimum absolute atomic E-state index is 0.251. The van der Waals surface area contributed by atoms with Crippen LogP contribution in [-0.4, -0.2) is 22.2 Å². The molecule has 0 saturated carbocycles. The summed E-state index contributed by atoms with van der Waals surface area (Å²) < 4.78 is 12.9. The fourth-order valence-corrected chi connectivity index (χ4v) is 3.08. The van der Waals surface area contributed by atoms with Crippen LogP contribution in [0.15, 0.2) is 53.9 Å². The van der Waals surface area contributed by atoms with E-state index in [0.717, 1.165) is 45.4 Å². The molecule has 0 amide bonds. The first-order chi connectivity index (χ1) is 11.8. The summed E-state index contributed by atoms with van der Waals surface area (Å²) in [6, 6.07) is 11.7. The minimum atomic E-state index is 0.251. The van der Waals surface area contributed by atoms with Gasteiger partial charge < -0.3 is 15.2 Å². The van der Waals surface area contributed by atoms with E-state index in [4.69, 9.17) is 20.3 Å². The summed E-state index contributed by atoms with van der Waals surface area (Å²) >= 11 is 0. The molecule has 3 aromatic rings. The largest absolute Gasteiger partial charge is 0.454 e. The van der Waals surface area contributed by atoms with Gasteiger partial charge in [-0.2, -0.15) is 5.10 Å². The average molecular weight is 318 g/mol. The molecule has 0 saturated heterocycles. The van der Waals surface area contributed by atoms with Gasteiger partial charge in [-0.05, 0) is 29.8 Å². The highest BCUT2D eigenvalue weighted by molar-refractivity contribution is 6.14. The zero-order valence-electron chi connectivity index (χ0n) is 12.8. The van der Waals surface area contributed by atoms with Crippen molar-refractivity contribution in [1.29, 1.82) is 0 Å². The summed E-state index contributed by atoms with van der Waals surface area (Å²) in [4.78, 5) is 4.42. The average Bonchev–Trinajstić information content (AvgIpc) is 3.19. The van der Waals surface area contributed by atoms with Crippen molar-refractivity contribution in [3.8, 4) is 11.5 Å². The van der Waals surface area contributed by atoms with Crippen molar-refractivity contribution < 1.29 is 9.47 Å². The lowest BCUT2D eigenvalue weighted by Crippen LogP contribution is -2.07. The fourth-order valence-electron chi connectivity index (χ4n) is 3.08. The number of hydrogen-bond donors (Lipinski definition) is 1. The molecular weight excluding hydrogens is 304 g/mol. The van der Waals surface area contributed by atoms with Crippen LogP contribution in [0.4, 0.5) is 5.69 Å². The van der Waals surface area contributed by atoms with Crippen LogP contribution in [-0.2, 0) is 6.42 Å². The molecule has 2 aliphatic heterocycles. The molecule has 1 aromatic heterocycles. The third kappa shape index (κ3) is 1.96. The quantitative estimate of drug-likeness (QED) is 0.547. The van der Waals surface area contributed by atoms with Crippen LogP contribution >= 0.6 is 0 Å². The molecule has 5 rings (SSSR count). The zero-order valence-corrected chi connectivity index (χ0v) is 12.8. The molecule has 0 unspecified atom stereocenters. The summed E-state index contributed by atoms with van der Waals surface area (Å²) in [5, 5.41) is 4.80. The SMILES string of the molecule is Nc1ccc(C2=Nn3ccnc3Cc3cc4c(cc32)OCO4)cc1. The number of fused-ring (bicyclic) bond motifs is 3. The Bertz CT molecular complexity index is 973. The van der Waals surface area contributed by atoms with E-state index in [-0.39, 0.29) is 6.79 Å². The van der Waals surface area contributed by atoms with Gasteiger partial charge >= 0.3 is 0 Å². The molecule has 2 aromatic carbocycles. The molecule has 2 aliphatic rings. The standard InChI is InChI=1S/C18H14N4O2/c19-13-3-1-11(2-4-13)18-14-9-16-15(23-10-24-16)7-12(14)8-17-20-5-6-22(17)21-18/h1-7,9H,8,10,19H2. The number of imidazole rings is 1. The lowest BCUT2D eigenvalue weighted by atomic mass is 9.95. The molecule has 118 valence electrons. The summed E-state index contributed by atoms with van der Waals surface area (Å²) in [5.74, 6) is 2.41. The number of anilines is 1. The van der Waals surface area contributed by atoms with E-state index in [2.05, 4.69) is 4.98 Å². The van der Waals surface area contributed by atoms with Crippen molar-refractivity contribution in [2.75, 3.05) is 12.5 Å². The molecule has 24 heavy (non-hydrogen) atoms. The maximum absolute atomic E-state index is 5.82. The first-order valence-electron chi connectivity index (χ1n) is 7.68. The summed E-state index contributed by atoms with van der Waals surface area (Å²) in [5.41, 5.74) is 10.5. The van der Waals surface area contributed by atoms with Crippen LogP contribution in [0.2, 0.25) is 0 Å². The topological polar surface area (TPSA) is 74.7 Å². The predicted molar refractivity (Wildman–Crippen MR) is 89.5 cm³/mol. The van der Waals surface area contributed by atoms with Gasteiger partial charge in [0, 0.05) is 35.6 Å². The normalized spacial score (nSPS) is 14.6. The predicted octanol–water partition coefficient (Wildman–Crippen LogP) is 2.40. The van der Waals surface area contributed by atoms with Crippen LogP contribution in [0.1, 0.15) is 22.5 Å². The molecule has 0 atom stereocenters. The van der Waals surface area contributed by atoms with Crippen molar-refractivity contribution in [2.24, 2.45) is 5.10 Å². The first-order valence-corrected chi connectivity index (χ1v) is 7.68. The number of benzene rings is 2. The van der Waals surface area contributed by atoms with Crippen molar-refractivity contribution >= 4 is 11.4 Å². The maximum Gasteiger partial charge on any atom is 0.231 e. The Hall–Kier alpha value is -3.28. The Labute approximate surface area is 138 Å². The number of nitrogens with two attached hydrogens (primary N) is 1. The summed E-state index contributed by atoms with van der Waals surface area (Å²) in [6.07, 6.45) is 4.30. The van der Waals surface area contributed by atoms with E-state index in [1.807, 2.05) is 47.3 Å². The van der Waals surface area contributed by atoms with Gasteiger partial charge in [0.2, 0.25) is 6.79 Å². The Morgan fingerprint density at radius 2 is 1.83 bits per heavy atom. The highest BCUT2D eigenvalue weighted by Gasteiger charge is 2.24. The minimum Gasteiger partial charge on any atom is -0.454 e. The highest BCUT2D eigenvalue weighted by Crippen LogP contribution is 2.37. The Kier molecular flexibility index (Phi) is 2.67. The van der Waals surface area contributed by atoms with Gasteiger partial charge in [0.25, 0.3) is 0 Å². The van der Waals surface area contributed by atoms with Gasteiger partial charge in [0.05, 0.1) is 5.71 Å². The second-order valence-electron chi connectivity index (χ2n) is 5.80. The van der Waals surface area contributed by atoms with Crippen molar-refractivity contribution in [1.82, 2.24) is 9.66 Å². The van der Waals surface area contributed by atoms with E-state index in [9.17, 15) is 0 Å². The fraction of sp³-hybridized carbons (Fsp3) is 0.111. The van der Waals surface area contributed by atoms with E-state index < -0.39 is 0 Å². The van der Waals surface area contributed by atoms with Crippen molar-refractivity contribution in [2.45, 2.75) is 6.42 Å². The first kappa shape index (κ1) is 13.2. The molecule has 0 bridgehead atoms. The molecule has 0 fully saturated rings. The number of hydrogen-bond acceptors (Lipinski definition) is 5. The molecule has 0 aliphatic carbocycles. The van der Waals surface area contributed by atoms with Crippen LogP contribution in [0, 0.1) is 0 Å². The number of rotatable bonds is 1. The molecular formula is C18H14N4O2. The smallest absolute Gasteiger partial charge is 0.231 e. The van der Waals surface area contributed by atoms with Crippen LogP contribution < -0.4 is 15.2 Å². The Morgan fingerprint density at radius 3 is 2.67 bits per heavy atom. The van der Waals surface area contributed by atoms with Gasteiger partial charge in [-0.15, -0.1) is 0 Å². The van der Waals surface area contributed by atoms with Crippen molar-refractivity contribution in [3.05, 3.63) is 71.3 Å². The number of nitrogens with zero attached hydrogens (tertiary/aromatic N) is 3. The van der Waals surface area contributed by atoms with Gasteiger partial charge in [0.1, 0.15) is 5.82 Å². The van der Waals surface area contributed by atoms with Gasteiger partial charge in [-0.25, -0.2) is 9.66 Å². The molecule has 6 nitrogen and oxygen atoms in total. The molecule has 6 heteroatoms. The molecule has 0 radical (unpaired) electrons.